The van der Waals surface area contributed by atoms with Gasteiger partial charge in [-0.25, -0.2) is 9.67 Å². The maximum absolute atomic E-state index is 13.0. The van der Waals surface area contributed by atoms with E-state index in [1.165, 1.54) is 36.8 Å². The highest BCUT2D eigenvalue weighted by Crippen LogP contribution is 2.68. The van der Waals surface area contributed by atoms with E-state index < -0.39 is 0 Å². The molecule has 2 heterocycles. The summed E-state index contributed by atoms with van der Waals surface area (Å²) in [7, 11) is 0. The van der Waals surface area contributed by atoms with Crippen LogP contribution in [0.25, 0.3) is 10.2 Å². The van der Waals surface area contributed by atoms with Crippen LogP contribution in [0.4, 0.5) is 5.13 Å². The van der Waals surface area contributed by atoms with Crippen LogP contribution in [0.5, 0.6) is 0 Å². The van der Waals surface area contributed by atoms with E-state index in [0.29, 0.717) is 40.6 Å². The number of hydrogen-bond donors (Lipinski definition) is 1. The fourth-order valence-corrected chi connectivity index (χ4v) is 12.0. The third-order valence-electron chi connectivity index (χ3n) is 12.9. The van der Waals surface area contributed by atoms with E-state index in [0.717, 1.165) is 46.7 Å². The van der Waals surface area contributed by atoms with Gasteiger partial charge < -0.3 is 5.32 Å². The molecule has 44 heavy (non-hydrogen) atoms. The summed E-state index contributed by atoms with van der Waals surface area (Å²) in [5.41, 5.74) is 6.26. The van der Waals surface area contributed by atoms with E-state index in [1.807, 2.05) is 12.3 Å². The molecule has 6 nitrogen and oxygen atoms in total. The van der Waals surface area contributed by atoms with Crippen molar-refractivity contribution in [1.82, 2.24) is 14.8 Å². The minimum absolute atomic E-state index is 0.000999. The Morgan fingerprint density at radius 3 is 2.68 bits per heavy atom. The van der Waals surface area contributed by atoms with Crippen molar-refractivity contribution in [2.24, 2.45) is 40.4 Å². The predicted octanol–water partition coefficient (Wildman–Crippen LogP) is 8.75. The molecule has 2 saturated carbocycles. The summed E-state index contributed by atoms with van der Waals surface area (Å²) in [5.74, 6) is 3.35. The number of nitrogens with one attached hydrogen (secondary N) is 1. The first-order chi connectivity index (χ1) is 20.8. The van der Waals surface area contributed by atoms with E-state index in [2.05, 4.69) is 75.2 Å². The second kappa shape index (κ2) is 10.4. The zero-order valence-electron chi connectivity index (χ0n) is 27.5. The SMILES string of the molecule is CC(=O)n1ncc2c1C(C)(C)C1=CC[C@H]3[C@@H]4CC[C@H]([C@H](C)CCC(=O)Nc5nc6c(C)cccc6s5)[C@@]4(C)CC[C@@H]3[C@@]1(C)C2. The Labute approximate surface area is 266 Å². The van der Waals surface area contributed by atoms with Crippen LogP contribution in [-0.2, 0) is 16.6 Å². The van der Waals surface area contributed by atoms with Crippen molar-refractivity contribution in [3.05, 3.63) is 52.9 Å². The van der Waals surface area contributed by atoms with Gasteiger partial charge in [0.2, 0.25) is 11.8 Å². The van der Waals surface area contributed by atoms with Gasteiger partial charge >= 0.3 is 0 Å². The number of benzene rings is 1. The highest BCUT2D eigenvalue weighted by Gasteiger charge is 2.61. The summed E-state index contributed by atoms with van der Waals surface area (Å²) in [6, 6.07) is 6.19. The lowest BCUT2D eigenvalue weighted by molar-refractivity contribution is -0.116. The van der Waals surface area contributed by atoms with Gasteiger partial charge in [0.1, 0.15) is 0 Å². The zero-order chi connectivity index (χ0) is 31.2. The van der Waals surface area contributed by atoms with Gasteiger partial charge in [-0.15, -0.1) is 0 Å². The normalized spacial score (nSPS) is 32.7. The fraction of sp³-hybridized carbons (Fsp3) is 0.622. The van der Waals surface area contributed by atoms with Gasteiger partial charge in [-0.1, -0.05) is 69.7 Å². The zero-order valence-corrected chi connectivity index (χ0v) is 28.3. The number of nitrogens with zero attached hydrogens (tertiary/aromatic N) is 3. The molecule has 0 bridgehead atoms. The van der Waals surface area contributed by atoms with Crippen LogP contribution in [0.2, 0.25) is 0 Å². The van der Waals surface area contributed by atoms with E-state index in [1.54, 1.807) is 22.9 Å². The Morgan fingerprint density at radius 1 is 1.14 bits per heavy atom. The average Bonchev–Trinajstić information content (AvgIpc) is 3.67. The summed E-state index contributed by atoms with van der Waals surface area (Å²) in [4.78, 5) is 30.2. The molecule has 0 saturated heterocycles. The molecule has 0 unspecified atom stereocenters. The Hall–Kier alpha value is -2.80. The standard InChI is InChI=1S/C37H48N4O2S/c1-21(11-16-31(43)39-34-40-32-22(2)9-8-10-29(32)44-34)26-13-14-27-25-12-15-30-35(4,5)33-24(20-38-41(33)23(3)42)19-37(30,7)28(25)17-18-36(26,27)6/h8-10,15,20-21,25-28H,11-14,16-19H2,1-7H3,(H,39,40,43)/t21-,25+,26-,27+,28+,36-,37-/m1/s1. The van der Waals surface area contributed by atoms with Crippen molar-refractivity contribution >= 4 is 38.5 Å². The van der Waals surface area contributed by atoms with E-state index in [9.17, 15) is 9.59 Å². The van der Waals surface area contributed by atoms with Crippen molar-refractivity contribution in [2.75, 3.05) is 5.32 Å². The van der Waals surface area contributed by atoms with Gasteiger partial charge in [0.05, 0.1) is 22.1 Å². The first-order valence-corrected chi connectivity index (χ1v) is 17.6. The first kappa shape index (κ1) is 29.9. The van der Waals surface area contributed by atoms with Crippen molar-refractivity contribution in [1.29, 1.82) is 0 Å². The Kier molecular flexibility index (Phi) is 7.04. The monoisotopic (exact) mass is 612 g/mol. The molecule has 1 aromatic carbocycles. The number of fused-ring (bicyclic) bond motifs is 7. The quantitative estimate of drug-likeness (QED) is 0.292. The molecule has 0 aliphatic heterocycles. The van der Waals surface area contributed by atoms with E-state index >= 15 is 0 Å². The minimum atomic E-state index is -0.201. The predicted molar refractivity (Wildman–Crippen MR) is 178 cm³/mol. The summed E-state index contributed by atoms with van der Waals surface area (Å²) in [6.45, 7) is 15.8. The molecule has 0 radical (unpaired) electrons. The van der Waals surface area contributed by atoms with Crippen LogP contribution in [0, 0.1) is 47.3 Å². The number of amides is 1. The smallest absolute Gasteiger partial charge is 0.244 e. The fourth-order valence-electron chi connectivity index (χ4n) is 11.1. The number of hydrogen-bond acceptors (Lipinski definition) is 5. The largest absolute Gasteiger partial charge is 0.302 e. The molecule has 4 aliphatic carbocycles. The van der Waals surface area contributed by atoms with Crippen molar-refractivity contribution in [2.45, 2.75) is 105 Å². The number of aromatic nitrogens is 3. The molecule has 1 amide bonds. The maximum atomic E-state index is 13.0. The third kappa shape index (κ3) is 4.39. The summed E-state index contributed by atoms with van der Waals surface area (Å²) >= 11 is 1.56. The van der Waals surface area contributed by atoms with Gasteiger partial charge in [-0.3, -0.25) is 9.59 Å². The molecule has 1 N–H and O–H groups in total. The van der Waals surface area contributed by atoms with Gasteiger partial charge in [0, 0.05) is 18.8 Å². The molecule has 0 spiro atoms. The minimum Gasteiger partial charge on any atom is -0.302 e. The first-order valence-electron chi connectivity index (χ1n) is 16.8. The lowest BCUT2D eigenvalue weighted by atomic mass is 9.44. The summed E-state index contributed by atoms with van der Waals surface area (Å²) < 4.78 is 2.78. The van der Waals surface area contributed by atoms with E-state index in [4.69, 9.17) is 0 Å². The maximum Gasteiger partial charge on any atom is 0.244 e. The number of rotatable bonds is 5. The number of carbonyl (C=O) groups is 2. The number of allylic oxidation sites excluding steroid dienone is 2. The molecule has 7 rings (SSSR count). The van der Waals surface area contributed by atoms with Crippen molar-refractivity contribution in [3.8, 4) is 0 Å². The van der Waals surface area contributed by atoms with Crippen molar-refractivity contribution < 1.29 is 9.59 Å². The van der Waals surface area contributed by atoms with Crippen LogP contribution >= 0.6 is 11.3 Å². The van der Waals surface area contributed by atoms with Crippen molar-refractivity contribution in [3.63, 3.8) is 0 Å². The highest BCUT2D eigenvalue weighted by molar-refractivity contribution is 7.22. The number of anilines is 1. The molecular weight excluding hydrogens is 565 g/mol. The third-order valence-corrected chi connectivity index (χ3v) is 13.8. The molecule has 2 aromatic heterocycles. The van der Waals surface area contributed by atoms with Gasteiger partial charge in [0.25, 0.3) is 0 Å². The van der Waals surface area contributed by atoms with Gasteiger partial charge in [-0.2, -0.15) is 5.10 Å². The molecule has 3 aromatic rings. The number of aryl methyl sites for hydroxylation is 1. The van der Waals surface area contributed by atoms with Gasteiger partial charge in [-0.05, 0) is 109 Å². The topological polar surface area (TPSA) is 76.9 Å². The number of para-hydroxylation sites is 1. The van der Waals surface area contributed by atoms with Gasteiger partial charge in [0.15, 0.2) is 5.13 Å². The molecule has 4 aliphatic rings. The van der Waals surface area contributed by atoms with Crippen LogP contribution in [0.1, 0.15) is 108 Å². The van der Waals surface area contributed by atoms with Crippen LogP contribution in [0.3, 0.4) is 0 Å². The second-order valence-electron chi connectivity index (χ2n) is 15.6. The molecule has 7 atom stereocenters. The number of thiazole rings is 1. The molecule has 234 valence electrons. The highest BCUT2D eigenvalue weighted by atomic mass is 32.1. The second-order valence-corrected chi connectivity index (χ2v) is 16.7. The summed E-state index contributed by atoms with van der Waals surface area (Å²) in [6.07, 6.45) is 13.3. The molecule has 7 heteroatoms. The Balaban J connectivity index is 1.05. The van der Waals surface area contributed by atoms with Crippen LogP contribution in [-0.4, -0.2) is 26.6 Å². The summed E-state index contributed by atoms with van der Waals surface area (Å²) in [5, 5.41) is 8.36. The molecule has 2 fully saturated rings. The van der Waals surface area contributed by atoms with Crippen LogP contribution in [0.15, 0.2) is 36.0 Å². The van der Waals surface area contributed by atoms with E-state index in [-0.39, 0.29) is 22.6 Å². The average molecular weight is 613 g/mol. The Morgan fingerprint density at radius 2 is 1.93 bits per heavy atom. The Bertz CT molecular complexity index is 1680. The number of carbonyl (C=O) groups excluding carboxylic acids is 2. The molecular formula is C37H48N4O2S. The lowest BCUT2D eigenvalue weighted by Crippen LogP contribution is -2.54. The van der Waals surface area contributed by atoms with Crippen LogP contribution < -0.4 is 5.32 Å². The lowest BCUT2D eigenvalue weighted by Gasteiger charge is -2.60.